The molecular formula is C11H16N2O5S. The van der Waals surface area contributed by atoms with Crippen molar-refractivity contribution in [1.29, 1.82) is 0 Å². The number of amides is 1. The van der Waals surface area contributed by atoms with E-state index in [0.717, 1.165) is 5.56 Å². The second-order valence-electron chi connectivity index (χ2n) is 3.70. The van der Waals surface area contributed by atoms with Crippen LogP contribution in [0.15, 0.2) is 23.1 Å². The maximum absolute atomic E-state index is 12.0. The van der Waals surface area contributed by atoms with Crippen molar-refractivity contribution in [1.82, 2.24) is 10.2 Å². The Morgan fingerprint density at radius 1 is 1.37 bits per heavy atom. The zero-order chi connectivity index (χ0) is 14.5. The summed E-state index contributed by atoms with van der Waals surface area (Å²) >= 11 is 0. The summed E-state index contributed by atoms with van der Waals surface area (Å²) in [5.41, 5.74) is 0.757. The predicted molar refractivity (Wildman–Crippen MR) is 68.1 cm³/mol. The molecule has 0 saturated carbocycles. The number of benzene rings is 1. The Balaban J connectivity index is 2.88. The summed E-state index contributed by atoms with van der Waals surface area (Å²) in [6, 6.07) is 4.72. The van der Waals surface area contributed by atoms with Crippen molar-refractivity contribution in [2.75, 3.05) is 20.8 Å². The second kappa shape index (κ2) is 6.50. The van der Waals surface area contributed by atoms with Gasteiger partial charge in [0.25, 0.3) is 10.0 Å². The molecule has 0 aliphatic heterocycles. The normalized spacial score (nSPS) is 11.1. The van der Waals surface area contributed by atoms with Gasteiger partial charge in [-0.05, 0) is 24.6 Å². The Bertz CT molecular complexity index is 556. The van der Waals surface area contributed by atoms with Crippen molar-refractivity contribution in [2.24, 2.45) is 0 Å². The smallest absolute Gasteiger partial charge is 0.266 e. The number of rotatable bonds is 6. The average Bonchev–Trinajstić information content (AvgIpc) is 2.38. The van der Waals surface area contributed by atoms with Gasteiger partial charge in [-0.3, -0.25) is 9.63 Å². The summed E-state index contributed by atoms with van der Waals surface area (Å²) in [6.07, 6.45) is 0. The molecule has 19 heavy (non-hydrogen) atoms. The molecule has 1 rings (SSSR count). The molecule has 1 aromatic carbocycles. The van der Waals surface area contributed by atoms with Crippen molar-refractivity contribution < 1.29 is 22.8 Å². The number of nitrogens with one attached hydrogen (secondary N) is 2. The Morgan fingerprint density at radius 2 is 2.05 bits per heavy atom. The van der Waals surface area contributed by atoms with Crippen LogP contribution in [-0.2, 0) is 19.7 Å². The first-order valence-corrected chi connectivity index (χ1v) is 6.88. The van der Waals surface area contributed by atoms with Gasteiger partial charge in [-0.1, -0.05) is 11.0 Å². The fraction of sp³-hybridized carbons (Fsp3) is 0.364. The summed E-state index contributed by atoms with van der Waals surface area (Å²) < 4.78 is 29.0. The Labute approximate surface area is 111 Å². The summed E-state index contributed by atoms with van der Waals surface area (Å²) in [7, 11) is -1.12. The molecule has 1 amide bonds. The summed E-state index contributed by atoms with van der Waals surface area (Å²) in [5.74, 6) is -0.249. The number of hydrogen-bond donors (Lipinski definition) is 2. The molecule has 0 fully saturated rings. The highest BCUT2D eigenvalue weighted by Crippen LogP contribution is 2.24. The average molecular weight is 288 g/mol. The second-order valence-corrected chi connectivity index (χ2v) is 5.32. The van der Waals surface area contributed by atoms with E-state index in [9.17, 15) is 13.2 Å². The minimum Gasteiger partial charge on any atom is -0.495 e. The number of aryl methyl sites for hydroxylation is 1. The Morgan fingerprint density at radius 3 is 2.63 bits per heavy atom. The van der Waals surface area contributed by atoms with Crippen LogP contribution in [0.25, 0.3) is 0 Å². The number of sulfonamides is 1. The molecule has 0 aliphatic rings. The summed E-state index contributed by atoms with van der Waals surface area (Å²) in [5, 5.41) is 2.30. The topological polar surface area (TPSA) is 93.7 Å². The zero-order valence-corrected chi connectivity index (χ0v) is 11.7. The number of carbonyl (C=O) groups is 1. The molecule has 0 unspecified atom stereocenters. The van der Waals surface area contributed by atoms with Crippen LogP contribution in [0.1, 0.15) is 5.56 Å². The maximum Gasteiger partial charge on any atom is 0.266 e. The molecule has 0 aliphatic carbocycles. The van der Waals surface area contributed by atoms with Gasteiger partial charge in [0.1, 0.15) is 17.3 Å². The lowest BCUT2D eigenvalue weighted by atomic mass is 10.2. The third-order valence-corrected chi connectivity index (χ3v) is 3.49. The van der Waals surface area contributed by atoms with Gasteiger partial charge >= 0.3 is 0 Å². The first-order valence-electron chi connectivity index (χ1n) is 5.39. The van der Waals surface area contributed by atoms with Crippen LogP contribution >= 0.6 is 0 Å². The van der Waals surface area contributed by atoms with Crippen LogP contribution < -0.4 is 14.9 Å². The van der Waals surface area contributed by atoms with E-state index in [4.69, 9.17) is 4.74 Å². The van der Waals surface area contributed by atoms with Crippen LogP contribution in [0.5, 0.6) is 5.75 Å². The van der Waals surface area contributed by atoms with Crippen molar-refractivity contribution in [3.8, 4) is 5.75 Å². The minimum atomic E-state index is -3.91. The standard InChI is InChI=1S/C11H16N2O5S/c1-8-4-5-9(17-3)10(6-8)19(15,16)13-18-7-11(14)12-2/h4-6,13H,7H2,1-3H3,(H,12,14). The van der Waals surface area contributed by atoms with Gasteiger partial charge < -0.3 is 10.1 Å². The molecule has 0 heterocycles. The van der Waals surface area contributed by atoms with Crippen LogP contribution in [-0.4, -0.2) is 35.1 Å². The van der Waals surface area contributed by atoms with E-state index in [2.05, 4.69) is 10.2 Å². The highest BCUT2D eigenvalue weighted by atomic mass is 32.2. The molecule has 0 radical (unpaired) electrons. The molecule has 2 N–H and O–H groups in total. The summed E-state index contributed by atoms with van der Waals surface area (Å²) in [4.78, 5) is 17.4. The molecule has 0 atom stereocenters. The SMILES string of the molecule is CNC(=O)CONS(=O)(=O)c1cc(C)ccc1OC. The lowest BCUT2D eigenvalue weighted by Gasteiger charge is -2.11. The number of carbonyl (C=O) groups excluding carboxylic acids is 1. The van der Waals surface area contributed by atoms with Crippen LogP contribution in [0.3, 0.4) is 0 Å². The van der Waals surface area contributed by atoms with Gasteiger partial charge in [-0.25, -0.2) is 8.42 Å². The first-order chi connectivity index (χ1) is 8.90. The van der Waals surface area contributed by atoms with Crippen LogP contribution in [0.4, 0.5) is 0 Å². The van der Waals surface area contributed by atoms with Gasteiger partial charge in [0.2, 0.25) is 5.91 Å². The predicted octanol–water partition coefficient (Wildman–Crippen LogP) is -0.0405. The third kappa shape index (κ3) is 4.19. The van der Waals surface area contributed by atoms with E-state index in [1.54, 1.807) is 19.1 Å². The van der Waals surface area contributed by atoms with Crippen LogP contribution in [0, 0.1) is 6.92 Å². The lowest BCUT2D eigenvalue weighted by Crippen LogP contribution is -2.31. The van der Waals surface area contributed by atoms with E-state index in [0.29, 0.717) is 0 Å². The molecule has 106 valence electrons. The molecule has 0 aromatic heterocycles. The number of ether oxygens (including phenoxy) is 1. The van der Waals surface area contributed by atoms with E-state index < -0.39 is 22.5 Å². The van der Waals surface area contributed by atoms with Gasteiger partial charge in [0.15, 0.2) is 0 Å². The highest BCUT2D eigenvalue weighted by molar-refractivity contribution is 7.89. The van der Waals surface area contributed by atoms with Crippen molar-refractivity contribution in [3.05, 3.63) is 23.8 Å². The first kappa shape index (κ1) is 15.4. The fourth-order valence-electron chi connectivity index (χ4n) is 1.28. The number of hydrogen-bond acceptors (Lipinski definition) is 5. The van der Waals surface area contributed by atoms with Gasteiger partial charge in [-0.15, -0.1) is 0 Å². The van der Waals surface area contributed by atoms with E-state index in [-0.39, 0.29) is 10.6 Å². The van der Waals surface area contributed by atoms with Gasteiger partial charge in [0, 0.05) is 7.05 Å². The Kier molecular flexibility index (Phi) is 5.28. The molecule has 0 saturated heterocycles. The van der Waals surface area contributed by atoms with Crippen molar-refractivity contribution in [2.45, 2.75) is 11.8 Å². The molecule has 1 aromatic rings. The maximum atomic E-state index is 12.0. The van der Waals surface area contributed by atoms with Crippen LogP contribution in [0.2, 0.25) is 0 Å². The van der Waals surface area contributed by atoms with Gasteiger partial charge in [0.05, 0.1) is 7.11 Å². The molecular weight excluding hydrogens is 272 g/mol. The van der Waals surface area contributed by atoms with E-state index in [1.807, 2.05) is 4.89 Å². The number of likely N-dealkylation sites (N-methyl/N-ethyl adjacent to an activating group) is 1. The zero-order valence-electron chi connectivity index (χ0n) is 10.9. The van der Waals surface area contributed by atoms with Crippen molar-refractivity contribution in [3.63, 3.8) is 0 Å². The third-order valence-electron chi connectivity index (χ3n) is 2.26. The monoisotopic (exact) mass is 288 g/mol. The Hall–Kier alpha value is -1.64. The number of methoxy groups -OCH3 is 1. The lowest BCUT2D eigenvalue weighted by molar-refractivity contribution is -0.126. The van der Waals surface area contributed by atoms with E-state index in [1.165, 1.54) is 20.2 Å². The fourth-order valence-corrected chi connectivity index (χ4v) is 2.34. The molecule has 7 nitrogen and oxygen atoms in total. The van der Waals surface area contributed by atoms with E-state index >= 15 is 0 Å². The quantitative estimate of drug-likeness (QED) is 0.716. The minimum absolute atomic E-state index is 0.0492. The molecule has 0 spiro atoms. The largest absolute Gasteiger partial charge is 0.495 e. The van der Waals surface area contributed by atoms with Gasteiger partial charge in [-0.2, -0.15) is 0 Å². The molecule has 8 heteroatoms. The summed E-state index contributed by atoms with van der Waals surface area (Å²) in [6.45, 7) is 1.34. The highest BCUT2D eigenvalue weighted by Gasteiger charge is 2.20. The van der Waals surface area contributed by atoms with Crippen molar-refractivity contribution >= 4 is 15.9 Å². The molecule has 0 bridgehead atoms.